The van der Waals surface area contributed by atoms with Gasteiger partial charge in [0.25, 0.3) is 5.56 Å². The lowest BCUT2D eigenvalue weighted by molar-refractivity contribution is 0.317. The Balaban J connectivity index is 1.71. The molecule has 28 heavy (non-hydrogen) atoms. The first kappa shape index (κ1) is 18.6. The fraction of sp³-hybridized carbons (Fsp3) is 0.150. The normalized spacial score (nSPS) is 12.0. The third-order valence-corrected chi connectivity index (χ3v) is 5.33. The van der Waals surface area contributed by atoms with Crippen LogP contribution in [0, 0.1) is 5.82 Å². The van der Waals surface area contributed by atoms with Crippen LogP contribution < -0.4 is 14.8 Å². The van der Waals surface area contributed by atoms with Crippen LogP contribution >= 0.6 is 22.9 Å². The average Bonchev–Trinajstić information content (AvgIpc) is 3.23. The zero-order valence-corrected chi connectivity index (χ0v) is 16.4. The second-order valence-electron chi connectivity index (χ2n) is 6.05. The van der Waals surface area contributed by atoms with Gasteiger partial charge in [-0.15, -0.1) is 5.10 Å². The van der Waals surface area contributed by atoms with E-state index in [0.717, 1.165) is 29.1 Å². The largest absolute Gasteiger partial charge is 0.494 e. The highest BCUT2D eigenvalue weighted by Crippen LogP contribution is 2.21. The van der Waals surface area contributed by atoms with Gasteiger partial charge in [-0.3, -0.25) is 4.79 Å². The second kappa shape index (κ2) is 7.69. The number of hydrogen-bond acceptors (Lipinski definition) is 5. The molecule has 0 amide bonds. The Hall–Kier alpha value is -2.77. The number of nitrogens with zero attached hydrogens (tertiary/aromatic N) is 3. The monoisotopic (exact) mass is 415 g/mol. The molecule has 0 atom stereocenters. The number of fused-ring (bicyclic) bond motifs is 1. The number of halogens is 2. The molecule has 0 aliphatic carbocycles. The van der Waals surface area contributed by atoms with Crippen LogP contribution in [0.1, 0.15) is 18.9 Å². The fourth-order valence-electron chi connectivity index (χ4n) is 2.66. The maximum Gasteiger partial charge on any atom is 0.291 e. The molecule has 2 aromatic carbocycles. The number of rotatable bonds is 5. The highest BCUT2D eigenvalue weighted by atomic mass is 35.5. The zero-order chi connectivity index (χ0) is 19.7. The molecule has 142 valence electrons. The SMILES string of the molecule is CCCOc1ccc(-c2nc3sc(=Cc4c(F)cccc4Cl)c(=O)n3n2)cc1. The van der Waals surface area contributed by atoms with Crippen LogP contribution in [0.5, 0.6) is 5.75 Å². The van der Waals surface area contributed by atoms with Crippen molar-refractivity contribution >= 4 is 34.0 Å². The summed E-state index contributed by atoms with van der Waals surface area (Å²) in [6.07, 6.45) is 2.37. The summed E-state index contributed by atoms with van der Waals surface area (Å²) in [6, 6.07) is 11.8. The summed E-state index contributed by atoms with van der Waals surface area (Å²) in [6.45, 7) is 2.70. The molecule has 5 nitrogen and oxygen atoms in total. The lowest BCUT2D eigenvalue weighted by Crippen LogP contribution is -2.23. The van der Waals surface area contributed by atoms with E-state index in [2.05, 4.69) is 10.1 Å². The first-order valence-electron chi connectivity index (χ1n) is 8.65. The van der Waals surface area contributed by atoms with Crippen molar-refractivity contribution in [1.29, 1.82) is 0 Å². The van der Waals surface area contributed by atoms with Gasteiger partial charge in [0.2, 0.25) is 4.96 Å². The summed E-state index contributed by atoms with van der Waals surface area (Å²) in [5.41, 5.74) is 0.594. The zero-order valence-electron chi connectivity index (χ0n) is 14.9. The van der Waals surface area contributed by atoms with Crippen LogP contribution in [-0.2, 0) is 0 Å². The molecular weight excluding hydrogens is 401 g/mol. The average molecular weight is 416 g/mol. The molecule has 0 bridgehead atoms. The molecule has 4 rings (SSSR count). The van der Waals surface area contributed by atoms with Crippen molar-refractivity contribution < 1.29 is 9.13 Å². The van der Waals surface area contributed by atoms with Gasteiger partial charge in [0.15, 0.2) is 5.82 Å². The first-order chi connectivity index (χ1) is 13.6. The molecule has 0 saturated carbocycles. The molecular formula is C20H15ClFN3O2S. The Morgan fingerprint density at radius 3 is 2.71 bits per heavy atom. The number of benzene rings is 2. The highest BCUT2D eigenvalue weighted by molar-refractivity contribution is 7.15. The van der Waals surface area contributed by atoms with Crippen molar-refractivity contribution in [3.05, 3.63) is 73.8 Å². The van der Waals surface area contributed by atoms with Crippen molar-refractivity contribution in [3.63, 3.8) is 0 Å². The van der Waals surface area contributed by atoms with Crippen LogP contribution in [0.25, 0.3) is 22.4 Å². The van der Waals surface area contributed by atoms with Crippen molar-refractivity contribution in [2.45, 2.75) is 13.3 Å². The fourth-order valence-corrected chi connectivity index (χ4v) is 3.76. The molecule has 0 spiro atoms. The Bertz CT molecular complexity index is 1230. The highest BCUT2D eigenvalue weighted by Gasteiger charge is 2.13. The van der Waals surface area contributed by atoms with E-state index in [9.17, 15) is 9.18 Å². The molecule has 0 N–H and O–H groups in total. The summed E-state index contributed by atoms with van der Waals surface area (Å²) >= 11 is 7.17. The van der Waals surface area contributed by atoms with E-state index in [4.69, 9.17) is 16.3 Å². The van der Waals surface area contributed by atoms with Gasteiger partial charge >= 0.3 is 0 Å². The quantitative estimate of drug-likeness (QED) is 0.495. The van der Waals surface area contributed by atoms with Gasteiger partial charge in [-0.25, -0.2) is 4.39 Å². The van der Waals surface area contributed by atoms with E-state index in [1.807, 2.05) is 31.2 Å². The number of hydrogen-bond donors (Lipinski definition) is 0. The Kier molecular flexibility index (Phi) is 5.11. The first-order valence-corrected chi connectivity index (χ1v) is 9.85. The van der Waals surface area contributed by atoms with E-state index in [0.29, 0.717) is 21.9 Å². The van der Waals surface area contributed by atoms with Gasteiger partial charge in [0.05, 0.1) is 16.2 Å². The molecule has 2 aromatic heterocycles. The van der Waals surface area contributed by atoms with Crippen LogP contribution in [0.4, 0.5) is 4.39 Å². The van der Waals surface area contributed by atoms with Crippen molar-refractivity contribution in [1.82, 2.24) is 14.6 Å². The summed E-state index contributed by atoms with van der Waals surface area (Å²) in [7, 11) is 0. The lowest BCUT2D eigenvalue weighted by atomic mass is 10.2. The molecule has 0 saturated heterocycles. The van der Waals surface area contributed by atoms with Crippen LogP contribution in [0.2, 0.25) is 5.02 Å². The lowest BCUT2D eigenvalue weighted by Gasteiger charge is -2.04. The van der Waals surface area contributed by atoms with Gasteiger partial charge < -0.3 is 4.74 Å². The van der Waals surface area contributed by atoms with E-state index in [1.54, 1.807) is 6.07 Å². The van der Waals surface area contributed by atoms with Crippen LogP contribution in [0.3, 0.4) is 0 Å². The van der Waals surface area contributed by atoms with Crippen molar-refractivity contribution in [2.75, 3.05) is 6.61 Å². The van der Waals surface area contributed by atoms with Crippen molar-refractivity contribution in [3.8, 4) is 17.1 Å². The predicted octanol–water partition coefficient (Wildman–Crippen LogP) is 3.95. The third-order valence-electron chi connectivity index (χ3n) is 4.04. The molecule has 0 radical (unpaired) electrons. The summed E-state index contributed by atoms with van der Waals surface area (Å²) in [5.74, 6) is 0.729. The predicted molar refractivity (Wildman–Crippen MR) is 109 cm³/mol. The molecule has 0 unspecified atom stereocenters. The molecule has 0 aliphatic rings. The Morgan fingerprint density at radius 2 is 2.04 bits per heavy atom. The summed E-state index contributed by atoms with van der Waals surface area (Å²) in [5, 5.41) is 4.54. The van der Waals surface area contributed by atoms with Gasteiger partial charge in [-0.05, 0) is 48.9 Å². The third kappa shape index (κ3) is 3.50. The van der Waals surface area contributed by atoms with Gasteiger partial charge in [-0.1, -0.05) is 35.9 Å². The van der Waals surface area contributed by atoms with Crippen molar-refractivity contribution in [2.24, 2.45) is 0 Å². The van der Waals surface area contributed by atoms with Crippen LogP contribution in [0.15, 0.2) is 47.3 Å². The van der Waals surface area contributed by atoms with Gasteiger partial charge in [0, 0.05) is 11.1 Å². The van der Waals surface area contributed by atoms with Gasteiger partial charge in [0.1, 0.15) is 11.6 Å². The Morgan fingerprint density at radius 1 is 1.25 bits per heavy atom. The minimum atomic E-state index is -0.489. The molecule has 0 aliphatic heterocycles. The number of thiazole rings is 1. The summed E-state index contributed by atoms with van der Waals surface area (Å²) in [4.78, 5) is 17.5. The molecule has 0 fully saturated rings. The van der Waals surface area contributed by atoms with E-state index in [1.165, 1.54) is 22.7 Å². The number of aromatic nitrogens is 3. The minimum absolute atomic E-state index is 0.175. The van der Waals surface area contributed by atoms with E-state index >= 15 is 0 Å². The maximum atomic E-state index is 14.0. The number of ether oxygens (including phenoxy) is 1. The topological polar surface area (TPSA) is 56.5 Å². The van der Waals surface area contributed by atoms with Gasteiger partial charge in [-0.2, -0.15) is 9.50 Å². The molecule has 2 heterocycles. The summed E-state index contributed by atoms with van der Waals surface area (Å²) < 4.78 is 21.1. The van der Waals surface area contributed by atoms with E-state index < -0.39 is 5.82 Å². The van der Waals surface area contributed by atoms with E-state index in [-0.39, 0.29) is 16.1 Å². The Labute approximate surface area is 168 Å². The second-order valence-corrected chi connectivity index (χ2v) is 7.47. The maximum absolute atomic E-state index is 14.0. The molecule has 8 heteroatoms. The minimum Gasteiger partial charge on any atom is -0.494 e. The molecule has 4 aromatic rings. The van der Waals surface area contributed by atoms with Crippen LogP contribution in [-0.4, -0.2) is 21.2 Å². The smallest absolute Gasteiger partial charge is 0.291 e. The standard InChI is InChI=1S/C20H15ClFN3O2S/c1-2-10-27-13-8-6-12(7-9-13)18-23-20-25(24-18)19(26)17(28-20)11-14-15(21)4-3-5-16(14)22/h3-9,11H,2,10H2,1H3.